The third-order valence-electron chi connectivity index (χ3n) is 18.3. The molecule has 0 aliphatic rings. The average Bonchev–Trinajstić information content (AvgIpc) is 1.58. The molecule has 0 fully saturated rings. The van der Waals surface area contributed by atoms with Crippen LogP contribution in [0, 0.1) is 0 Å². The molecule has 0 atom stereocenters. The van der Waals surface area contributed by atoms with Crippen LogP contribution >= 0.6 is 22.7 Å². The summed E-state index contributed by atoms with van der Waals surface area (Å²) in [5, 5.41) is 22.9. The van der Waals surface area contributed by atoms with Crippen LogP contribution in [0.5, 0.6) is 0 Å². The van der Waals surface area contributed by atoms with Crippen molar-refractivity contribution in [1.29, 1.82) is 0 Å². The maximum atomic E-state index is 6.59. The number of oxazole rings is 1. The summed E-state index contributed by atoms with van der Waals surface area (Å²) in [7, 11) is 0. The summed E-state index contributed by atoms with van der Waals surface area (Å²) in [6, 6.07) is 114. The minimum atomic E-state index is 0.795. The van der Waals surface area contributed by atoms with Crippen LogP contribution in [0.1, 0.15) is 0 Å². The SMILES string of the molecule is c1ccc(-c2cc(Nc3ccc4sc5ccccc5c4c3)cc3oc4ccccc4c23)cc1.c1ccc(-c2ccc(Nc3cc(-c4ccc5ncoc5c4)cc4c3sc3ccccc34)cc2)cc1.c1ccc(Nc2ccc(-c3ccccc3)c3oc4c5ccccc5ccc4c23)cc1. The molecule has 0 aliphatic carbocycles. The molecule has 3 N–H and O–H groups in total. The molecule has 20 aromatic rings. The summed E-state index contributed by atoms with van der Waals surface area (Å²) in [5.74, 6) is 0. The van der Waals surface area contributed by atoms with Crippen LogP contribution in [0.2, 0.25) is 0 Å². The second-order valence-electron chi connectivity index (χ2n) is 24.4. The Balaban J connectivity index is 0.000000107. The maximum Gasteiger partial charge on any atom is 0.181 e. The van der Waals surface area contributed by atoms with Crippen molar-refractivity contribution in [2.45, 2.75) is 0 Å². The van der Waals surface area contributed by atoms with Gasteiger partial charge in [0.25, 0.3) is 0 Å². The van der Waals surface area contributed by atoms with E-state index in [1.807, 2.05) is 71.2 Å². The number of nitrogens with one attached hydrogen (secondary N) is 3. The fraction of sp³-hybridized carbons (Fsp3) is 0. The van der Waals surface area contributed by atoms with Gasteiger partial charge in [-0.15, -0.1) is 22.7 Å². The molecule has 15 aromatic carbocycles. The van der Waals surface area contributed by atoms with Crippen molar-refractivity contribution in [3.63, 3.8) is 0 Å². The number of aromatic nitrogens is 1. The monoisotopic (exact) mass is 1290 g/mol. The van der Waals surface area contributed by atoms with E-state index in [9.17, 15) is 0 Å². The average molecular weight is 1300 g/mol. The highest BCUT2D eigenvalue weighted by atomic mass is 32.1. The van der Waals surface area contributed by atoms with Gasteiger partial charge in [-0.25, -0.2) is 4.98 Å². The van der Waals surface area contributed by atoms with Gasteiger partial charge in [0.1, 0.15) is 27.8 Å². The third-order valence-corrected chi connectivity index (χ3v) is 20.7. The quantitative estimate of drug-likeness (QED) is 0.126. The first kappa shape index (κ1) is 58.1. The van der Waals surface area contributed by atoms with Crippen molar-refractivity contribution >= 4 is 163 Å². The number of nitrogens with zero attached hydrogens (tertiary/aromatic N) is 1. The number of furan rings is 2. The fourth-order valence-corrected chi connectivity index (χ4v) is 15.9. The zero-order chi connectivity index (χ0) is 64.9. The number of thiophene rings is 2. The molecule has 464 valence electrons. The minimum Gasteiger partial charge on any atom is -0.456 e. The number of hydrogen-bond acceptors (Lipinski definition) is 9. The highest BCUT2D eigenvalue weighted by Gasteiger charge is 2.20. The fourth-order valence-electron chi connectivity index (χ4n) is 13.6. The van der Waals surface area contributed by atoms with E-state index in [2.05, 4.69) is 300 Å². The molecule has 5 aromatic heterocycles. The van der Waals surface area contributed by atoms with Crippen LogP contribution < -0.4 is 16.0 Å². The number of para-hydroxylation sites is 2. The third kappa shape index (κ3) is 11.0. The molecule has 20 rings (SSSR count). The molecule has 0 amide bonds. The predicted octanol–water partition coefficient (Wildman–Crippen LogP) is 26.8. The number of benzene rings is 15. The maximum absolute atomic E-state index is 6.59. The van der Waals surface area contributed by atoms with Gasteiger partial charge in [-0.1, -0.05) is 212 Å². The van der Waals surface area contributed by atoms with Gasteiger partial charge in [0, 0.05) is 91.6 Å². The van der Waals surface area contributed by atoms with Gasteiger partial charge in [0.15, 0.2) is 12.0 Å². The van der Waals surface area contributed by atoms with E-state index in [-0.39, 0.29) is 0 Å². The van der Waals surface area contributed by atoms with Gasteiger partial charge in [-0.05, 0) is 154 Å². The standard InChI is InChI=1S/C31H20N2OS.C30H19NOS.C28H19NO/c1-2-6-20(7-3-1)21-10-13-24(14-11-21)33-28-17-23(22-12-15-27-29(18-22)34-19-32-27)16-26-25-8-4-5-9-30(25)35-31(26)28;1-2-8-19(9-3-1)24-17-21(18-27-30(24)23-11-4-6-12-26(23)32-27)31-20-14-15-29-25(16-20)22-10-5-7-13-28(22)33-29;1-3-9-19(10-4-1)23-17-18-25(29-21-12-5-2-6-13-21)26-24-16-15-20-11-7-8-14-22(20)27(24)30-28(23)26/h1-19,33H;1-18,31H;1-18,29H. The molecule has 7 nitrogen and oxygen atoms in total. The number of hydrogen-bond donors (Lipinski definition) is 3. The van der Waals surface area contributed by atoms with Crippen molar-refractivity contribution in [1.82, 2.24) is 4.98 Å². The van der Waals surface area contributed by atoms with Crippen LogP contribution in [0.3, 0.4) is 0 Å². The first-order chi connectivity index (χ1) is 48.5. The normalized spacial score (nSPS) is 11.5. The van der Waals surface area contributed by atoms with E-state index in [0.717, 1.165) is 117 Å². The van der Waals surface area contributed by atoms with E-state index >= 15 is 0 Å². The van der Waals surface area contributed by atoms with Crippen molar-refractivity contribution < 1.29 is 13.3 Å². The molecule has 0 spiro atoms. The summed E-state index contributed by atoms with van der Waals surface area (Å²) in [5.41, 5.74) is 20.9. The van der Waals surface area contributed by atoms with Crippen molar-refractivity contribution in [3.05, 3.63) is 334 Å². The Labute approximate surface area is 571 Å². The second-order valence-corrected chi connectivity index (χ2v) is 26.5. The number of anilines is 6. The summed E-state index contributed by atoms with van der Waals surface area (Å²) in [6.07, 6.45) is 1.50. The van der Waals surface area contributed by atoms with Crippen molar-refractivity contribution in [2.75, 3.05) is 16.0 Å². The Morgan fingerprint density at radius 3 is 1.65 bits per heavy atom. The van der Waals surface area contributed by atoms with E-state index in [1.165, 1.54) is 74.4 Å². The Kier molecular flexibility index (Phi) is 14.8. The van der Waals surface area contributed by atoms with Crippen LogP contribution in [-0.2, 0) is 0 Å². The zero-order valence-corrected chi connectivity index (χ0v) is 54.4. The smallest absolute Gasteiger partial charge is 0.181 e. The molecular formula is C89H58N4O3S2. The molecule has 0 saturated carbocycles. The van der Waals surface area contributed by atoms with Gasteiger partial charge in [0.05, 0.1) is 21.5 Å². The lowest BCUT2D eigenvalue weighted by Gasteiger charge is -2.12. The molecule has 98 heavy (non-hydrogen) atoms. The van der Waals surface area contributed by atoms with Gasteiger partial charge in [-0.3, -0.25) is 0 Å². The Hall–Kier alpha value is -12.5. The second kappa shape index (κ2) is 25.0. The first-order valence-electron chi connectivity index (χ1n) is 32.7. The van der Waals surface area contributed by atoms with Crippen LogP contribution in [0.4, 0.5) is 34.1 Å². The Bertz CT molecular complexity index is 6330. The first-order valence-corrected chi connectivity index (χ1v) is 34.3. The highest BCUT2D eigenvalue weighted by molar-refractivity contribution is 7.26. The molecule has 0 saturated heterocycles. The van der Waals surface area contributed by atoms with Crippen molar-refractivity contribution in [2.24, 2.45) is 0 Å². The molecule has 0 aliphatic heterocycles. The van der Waals surface area contributed by atoms with E-state index in [4.69, 9.17) is 13.3 Å². The highest BCUT2D eigenvalue weighted by Crippen LogP contribution is 2.46. The number of fused-ring (bicyclic) bond motifs is 15. The van der Waals surface area contributed by atoms with E-state index in [0.29, 0.717) is 0 Å². The summed E-state index contributed by atoms with van der Waals surface area (Å²) in [6.45, 7) is 0. The number of rotatable bonds is 10. The van der Waals surface area contributed by atoms with Gasteiger partial charge in [-0.2, -0.15) is 0 Å². The van der Waals surface area contributed by atoms with E-state index < -0.39 is 0 Å². The Morgan fingerprint density at radius 2 is 0.878 bits per heavy atom. The topological polar surface area (TPSA) is 88.4 Å². The minimum absolute atomic E-state index is 0.795. The largest absolute Gasteiger partial charge is 0.456 e. The van der Waals surface area contributed by atoms with Crippen LogP contribution in [-0.4, -0.2) is 4.98 Å². The van der Waals surface area contributed by atoms with Crippen LogP contribution in [0.25, 0.3) is 151 Å². The van der Waals surface area contributed by atoms with E-state index in [1.54, 1.807) is 0 Å². The lowest BCUT2D eigenvalue weighted by atomic mass is 9.98. The van der Waals surface area contributed by atoms with Crippen molar-refractivity contribution in [3.8, 4) is 44.5 Å². The zero-order valence-electron chi connectivity index (χ0n) is 52.7. The molecule has 9 heteroatoms. The molecule has 0 bridgehead atoms. The molecule has 5 heterocycles. The lowest BCUT2D eigenvalue weighted by molar-refractivity contribution is 0.602. The predicted molar refractivity (Wildman–Crippen MR) is 416 cm³/mol. The molecular weight excluding hydrogens is 1240 g/mol. The molecule has 0 unspecified atom stereocenters. The van der Waals surface area contributed by atoms with Gasteiger partial charge in [0.2, 0.25) is 0 Å². The summed E-state index contributed by atoms with van der Waals surface area (Å²) < 4.78 is 23.6. The van der Waals surface area contributed by atoms with Gasteiger partial charge < -0.3 is 29.2 Å². The molecule has 0 radical (unpaired) electrons. The summed E-state index contributed by atoms with van der Waals surface area (Å²) >= 11 is 3.66. The van der Waals surface area contributed by atoms with Gasteiger partial charge >= 0.3 is 0 Å². The Morgan fingerprint density at radius 1 is 0.276 bits per heavy atom. The van der Waals surface area contributed by atoms with Crippen LogP contribution in [0.15, 0.2) is 347 Å². The summed E-state index contributed by atoms with van der Waals surface area (Å²) in [4.78, 5) is 4.26. The lowest BCUT2D eigenvalue weighted by Crippen LogP contribution is -1.92.